The fourth-order valence-electron chi connectivity index (χ4n) is 3.98. The Bertz CT molecular complexity index is 731. The van der Waals surface area contributed by atoms with E-state index in [-0.39, 0.29) is 0 Å². The molecular weight excluding hydrogens is 320 g/mol. The molecule has 2 aromatic carbocycles. The smallest absolute Gasteiger partial charge is 0.119 e. The number of methoxy groups -OCH3 is 1. The Kier molecular flexibility index (Phi) is 6.90. The van der Waals surface area contributed by atoms with E-state index in [1.165, 1.54) is 47.1 Å². The summed E-state index contributed by atoms with van der Waals surface area (Å²) < 4.78 is 5.45. The first-order valence-corrected chi connectivity index (χ1v) is 9.89. The Hall–Kier alpha value is -2.06. The molecule has 1 aliphatic carbocycles. The maximum absolute atomic E-state index is 9.00. The molecule has 0 saturated heterocycles. The number of hydrogen-bond donors (Lipinski definition) is 1. The van der Waals surface area contributed by atoms with Crippen LogP contribution in [0.25, 0.3) is 11.1 Å². The highest BCUT2D eigenvalue weighted by Gasteiger charge is 2.18. The van der Waals surface area contributed by atoms with Crippen LogP contribution in [0.5, 0.6) is 5.75 Å². The van der Waals surface area contributed by atoms with Gasteiger partial charge in [0.1, 0.15) is 5.75 Å². The van der Waals surface area contributed by atoms with Crippen LogP contribution in [-0.2, 0) is 6.42 Å². The number of aryl methyl sites for hydroxylation is 1. The van der Waals surface area contributed by atoms with Crippen molar-refractivity contribution >= 4 is 11.1 Å². The second-order valence-electron chi connectivity index (χ2n) is 7.09. The highest BCUT2D eigenvalue weighted by atomic mass is 16.5. The molecule has 0 aromatic heterocycles. The summed E-state index contributed by atoms with van der Waals surface area (Å²) >= 11 is 0. The molecule has 1 N–H and O–H groups in total. The SMILES string of the molecule is COc1ccc2c(c1)CCCC(c1ccccc1)=C2CCCCCCO. The first kappa shape index (κ1) is 18.7. The average Bonchev–Trinajstić information content (AvgIpc) is 2.87. The van der Waals surface area contributed by atoms with Gasteiger partial charge in [0.05, 0.1) is 7.11 Å². The van der Waals surface area contributed by atoms with E-state index in [0.717, 1.165) is 37.9 Å². The van der Waals surface area contributed by atoms with E-state index in [9.17, 15) is 0 Å². The molecule has 0 aliphatic heterocycles. The van der Waals surface area contributed by atoms with Gasteiger partial charge in [-0.2, -0.15) is 0 Å². The molecule has 2 nitrogen and oxygen atoms in total. The highest BCUT2D eigenvalue weighted by molar-refractivity contribution is 5.92. The molecule has 2 heteroatoms. The van der Waals surface area contributed by atoms with Crippen molar-refractivity contribution in [1.29, 1.82) is 0 Å². The van der Waals surface area contributed by atoms with Crippen LogP contribution in [-0.4, -0.2) is 18.8 Å². The normalized spacial score (nSPS) is 14.1. The first-order valence-electron chi connectivity index (χ1n) is 9.89. The maximum atomic E-state index is 9.00. The van der Waals surface area contributed by atoms with Crippen LogP contribution in [0.4, 0.5) is 0 Å². The van der Waals surface area contributed by atoms with Crippen LogP contribution in [0.1, 0.15) is 61.6 Å². The van der Waals surface area contributed by atoms with Crippen molar-refractivity contribution in [3.63, 3.8) is 0 Å². The number of aliphatic hydroxyl groups excluding tert-OH is 1. The number of fused-ring (bicyclic) bond motifs is 1. The monoisotopic (exact) mass is 350 g/mol. The molecular formula is C24H30O2. The first-order chi connectivity index (χ1) is 12.8. The summed E-state index contributed by atoms with van der Waals surface area (Å²) in [5.74, 6) is 0.953. The van der Waals surface area contributed by atoms with Crippen LogP contribution >= 0.6 is 0 Å². The number of aliphatic hydroxyl groups is 1. The predicted octanol–water partition coefficient (Wildman–Crippen LogP) is 5.89. The summed E-state index contributed by atoms with van der Waals surface area (Å²) in [4.78, 5) is 0. The number of hydrogen-bond acceptors (Lipinski definition) is 2. The lowest BCUT2D eigenvalue weighted by molar-refractivity contribution is 0.282. The van der Waals surface area contributed by atoms with Crippen LogP contribution in [0.2, 0.25) is 0 Å². The molecule has 0 fully saturated rings. The average molecular weight is 351 g/mol. The van der Waals surface area contributed by atoms with E-state index >= 15 is 0 Å². The van der Waals surface area contributed by atoms with E-state index < -0.39 is 0 Å². The number of ether oxygens (including phenoxy) is 1. The van der Waals surface area contributed by atoms with Crippen LogP contribution in [0, 0.1) is 0 Å². The Morgan fingerprint density at radius 1 is 0.923 bits per heavy atom. The van der Waals surface area contributed by atoms with E-state index in [1.54, 1.807) is 7.11 Å². The lowest BCUT2D eigenvalue weighted by Crippen LogP contribution is -1.96. The topological polar surface area (TPSA) is 29.5 Å². The van der Waals surface area contributed by atoms with Gasteiger partial charge in [0.25, 0.3) is 0 Å². The molecule has 0 atom stereocenters. The quantitative estimate of drug-likeness (QED) is 0.602. The fraction of sp³-hybridized carbons (Fsp3) is 0.417. The van der Waals surface area contributed by atoms with Crippen molar-refractivity contribution in [2.24, 2.45) is 0 Å². The third-order valence-electron chi connectivity index (χ3n) is 5.33. The minimum atomic E-state index is 0.306. The van der Waals surface area contributed by atoms with Gasteiger partial charge in [-0.25, -0.2) is 0 Å². The minimum Gasteiger partial charge on any atom is -0.497 e. The maximum Gasteiger partial charge on any atom is 0.119 e. The Morgan fingerprint density at radius 3 is 2.50 bits per heavy atom. The van der Waals surface area contributed by atoms with Gasteiger partial charge in [0.15, 0.2) is 0 Å². The number of allylic oxidation sites excluding steroid dienone is 2. The zero-order valence-corrected chi connectivity index (χ0v) is 15.8. The largest absolute Gasteiger partial charge is 0.497 e. The van der Waals surface area contributed by atoms with E-state index in [4.69, 9.17) is 9.84 Å². The van der Waals surface area contributed by atoms with Crippen molar-refractivity contribution in [3.05, 3.63) is 65.2 Å². The van der Waals surface area contributed by atoms with Gasteiger partial charge >= 0.3 is 0 Å². The third-order valence-corrected chi connectivity index (χ3v) is 5.33. The van der Waals surface area contributed by atoms with E-state index in [2.05, 4.69) is 48.5 Å². The van der Waals surface area contributed by atoms with Crippen molar-refractivity contribution in [1.82, 2.24) is 0 Å². The summed E-state index contributed by atoms with van der Waals surface area (Å²) in [6, 6.07) is 17.4. The van der Waals surface area contributed by atoms with Crippen molar-refractivity contribution in [3.8, 4) is 5.75 Å². The molecule has 0 unspecified atom stereocenters. The van der Waals surface area contributed by atoms with Gasteiger partial charge in [0.2, 0.25) is 0 Å². The van der Waals surface area contributed by atoms with Gasteiger partial charge in [-0.05, 0) is 78.5 Å². The molecule has 0 bridgehead atoms. The molecule has 2 aromatic rings. The second kappa shape index (κ2) is 9.59. The Labute approximate surface area is 157 Å². The molecule has 0 saturated carbocycles. The van der Waals surface area contributed by atoms with E-state index in [1.807, 2.05) is 0 Å². The minimum absolute atomic E-state index is 0.306. The number of unbranched alkanes of at least 4 members (excludes halogenated alkanes) is 3. The van der Waals surface area contributed by atoms with Crippen LogP contribution in [0.15, 0.2) is 48.5 Å². The molecule has 138 valence electrons. The zero-order valence-electron chi connectivity index (χ0n) is 15.8. The molecule has 0 heterocycles. The Morgan fingerprint density at radius 2 is 1.73 bits per heavy atom. The molecule has 0 radical (unpaired) electrons. The van der Waals surface area contributed by atoms with Crippen molar-refractivity contribution in [2.45, 2.75) is 51.4 Å². The van der Waals surface area contributed by atoms with Gasteiger partial charge in [0, 0.05) is 6.61 Å². The summed E-state index contributed by atoms with van der Waals surface area (Å²) in [7, 11) is 1.74. The van der Waals surface area contributed by atoms with Gasteiger partial charge in [-0.1, -0.05) is 49.2 Å². The van der Waals surface area contributed by atoms with Gasteiger partial charge in [-0.15, -0.1) is 0 Å². The summed E-state index contributed by atoms with van der Waals surface area (Å²) in [5.41, 5.74) is 7.21. The van der Waals surface area contributed by atoms with Gasteiger partial charge in [-0.3, -0.25) is 0 Å². The summed E-state index contributed by atoms with van der Waals surface area (Å²) in [6.07, 6.45) is 8.91. The standard InChI is InChI=1S/C24H30O2/c1-26-21-15-16-23-20(18-21)12-9-14-22(19-10-5-4-6-11-19)24(23)13-7-2-3-8-17-25/h4-6,10-11,15-16,18,25H,2-3,7-9,12-14,17H2,1H3. The summed E-state index contributed by atoms with van der Waals surface area (Å²) in [6.45, 7) is 0.306. The Balaban J connectivity index is 1.95. The molecule has 3 rings (SSSR count). The predicted molar refractivity (Wildman–Crippen MR) is 109 cm³/mol. The number of benzene rings is 2. The second-order valence-corrected chi connectivity index (χ2v) is 7.09. The molecule has 26 heavy (non-hydrogen) atoms. The molecule has 0 amide bonds. The lowest BCUT2D eigenvalue weighted by atomic mass is 9.89. The van der Waals surface area contributed by atoms with Crippen LogP contribution < -0.4 is 4.74 Å². The molecule has 1 aliphatic rings. The third kappa shape index (κ3) is 4.56. The fourth-order valence-corrected chi connectivity index (χ4v) is 3.98. The van der Waals surface area contributed by atoms with Crippen LogP contribution in [0.3, 0.4) is 0 Å². The van der Waals surface area contributed by atoms with Gasteiger partial charge < -0.3 is 9.84 Å². The lowest BCUT2D eigenvalue weighted by Gasteiger charge is -2.17. The number of rotatable bonds is 8. The zero-order chi connectivity index (χ0) is 18.2. The van der Waals surface area contributed by atoms with E-state index in [0.29, 0.717) is 6.61 Å². The highest BCUT2D eigenvalue weighted by Crippen LogP contribution is 2.39. The van der Waals surface area contributed by atoms with Crippen molar-refractivity contribution < 1.29 is 9.84 Å². The molecule has 0 spiro atoms. The van der Waals surface area contributed by atoms with Crippen molar-refractivity contribution in [2.75, 3.05) is 13.7 Å². The summed E-state index contributed by atoms with van der Waals surface area (Å²) in [5, 5.41) is 9.00.